The van der Waals surface area contributed by atoms with E-state index in [0.717, 1.165) is 54.6 Å². The minimum Gasteiger partial charge on any atom is -0.756 e. The summed E-state index contributed by atoms with van der Waals surface area (Å²) in [7, 11) is -2.53. The second-order valence-electron chi connectivity index (χ2n) is 13.6. The molecular weight excluding hydrogens is 603 g/mol. The lowest BCUT2D eigenvalue weighted by Gasteiger charge is -2.32. The number of ether oxygens (including phenoxy) is 1. The van der Waals surface area contributed by atoms with E-state index in [0.29, 0.717) is 24.3 Å². The maximum atomic E-state index is 13.1. The molecule has 3 rings (SSSR count). The molecule has 1 fully saturated rings. The molecule has 1 saturated heterocycles. The number of phosphoric ester groups is 1. The van der Waals surface area contributed by atoms with Gasteiger partial charge < -0.3 is 23.2 Å². The fraction of sp³-hybridized carbons (Fsp3) is 0.778. The highest BCUT2D eigenvalue weighted by molar-refractivity contribution is 7.45. The number of likely N-dealkylation sites (tertiary alicyclic amines) is 1. The second-order valence-corrected chi connectivity index (χ2v) is 15.0. The van der Waals surface area contributed by atoms with E-state index in [2.05, 4.69) is 14.0 Å². The Labute approximate surface area is 278 Å². The number of nitrogens with zero attached hydrogens (tertiary/aromatic N) is 2. The quantitative estimate of drug-likeness (QED) is 0.0411. The van der Waals surface area contributed by atoms with Crippen LogP contribution in [0.1, 0.15) is 143 Å². The van der Waals surface area contributed by atoms with Crippen molar-refractivity contribution in [1.29, 1.82) is 0 Å². The molecule has 0 radical (unpaired) electrons. The molecule has 1 aromatic carbocycles. The third-order valence-electron chi connectivity index (χ3n) is 9.59. The molecule has 10 heteroatoms. The van der Waals surface area contributed by atoms with E-state index in [1.54, 1.807) is 24.3 Å². The molecule has 0 aromatic heterocycles. The van der Waals surface area contributed by atoms with Crippen molar-refractivity contribution >= 4 is 19.6 Å². The van der Waals surface area contributed by atoms with Gasteiger partial charge in [0.25, 0.3) is 19.6 Å². The lowest BCUT2D eigenvalue weighted by molar-refractivity contribution is -0.897. The highest BCUT2D eigenvalue weighted by Crippen LogP contribution is 2.39. The van der Waals surface area contributed by atoms with Gasteiger partial charge in [0, 0.05) is 19.4 Å². The Kier molecular flexibility index (Phi) is 18.0. The molecule has 2 aliphatic heterocycles. The summed E-state index contributed by atoms with van der Waals surface area (Å²) in [6, 6.07) is 5.73. The van der Waals surface area contributed by atoms with Crippen molar-refractivity contribution in [3.05, 3.63) is 35.4 Å². The highest BCUT2D eigenvalue weighted by atomic mass is 31.2. The van der Waals surface area contributed by atoms with Crippen molar-refractivity contribution < 1.29 is 37.3 Å². The van der Waals surface area contributed by atoms with Crippen LogP contribution in [0, 0.1) is 0 Å². The summed E-state index contributed by atoms with van der Waals surface area (Å²) >= 11 is 0. The van der Waals surface area contributed by atoms with Gasteiger partial charge in [0.15, 0.2) is 0 Å². The first-order chi connectivity index (χ1) is 22.3. The molecule has 9 nitrogen and oxygen atoms in total. The van der Waals surface area contributed by atoms with Gasteiger partial charge in [0.2, 0.25) is 0 Å². The van der Waals surface area contributed by atoms with Crippen LogP contribution in [0.15, 0.2) is 24.3 Å². The third-order valence-corrected chi connectivity index (χ3v) is 10.6. The number of imide groups is 1. The lowest BCUT2D eigenvalue weighted by atomic mass is 10.0. The first-order valence-corrected chi connectivity index (χ1v) is 19.7. The van der Waals surface area contributed by atoms with Crippen LogP contribution in [0.5, 0.6) is 0 Å². The Balaban J connectivity index is 1.32. The zero-order chi connectivity index (χ0) is 33.1. The number of rotatable bonds is 27. The van der Waals surface area contributed by atoms with Crippen LogP contribution in [0.3, 0.4) is 0 Å². The Morgan fingerprint density at radius 2 is 1.22 bits per heavy atom. The molecule has 0 spiro atoms. The number of carbonyl (C=O) groups is 2. The molecule has 2 heterocycles. The number of phosphoric acid groups is 1. The largest absolute Gasteiger partial charge is 0.756 e. The predicted molar refractivity (Wildman–Crippen MR) is 181 cm³/mol. The number of amides is 2. The normalized spacial score (nSPS) is 17.8. The van der Waals surface area contributed by atoms with Crippen LogP contribution in [-0.4, -0.2) is 80.3 Å². The molecule has 0 aliphatic carbocycles. The SMILES string of the molecule is CCCCCCCCCCCCCCCCCCOCC(COP(=O)([O-])OCC[N+]1(C)CCCC1)N1C(=O)c2ccccc2C1=O. The Morgan fingerprint density at radius 3 is 1.72 bits per heavy atom. The maximum Gasteiger partial charge on any atom is 0.268 e. The van der Waals surface area contributed by atoms with Crippen LogP contribution >= 0.6 is 7.82 Å². The van der Waals surface area contributed by atoms with Crippen molar-refractivity contribution in [3.63, 3.8) is 0 Å². The molecule has 0 N–H and O–H groups in total. The number of carbonyl (C=O) groups excluding carboxylic acids is 2. The zero-order valence-electron chi connectivity index (χ0n) is 28.8. The summed E-state index contributed by atoms with van der Waals surface area (Å²) in [6.07, 6.45) is 22.9. The zero-order valence-corrected chi connectivity index (χ0v) is 29.7. The summed E-state index contributed by atoms with van der Waals surface area (Å²) in [5.41, 5.74) is 0.610. The van der Waals surface area contributed by atoms with Gasteiger partial charge in [0.05, 0.1) is 50.5 Å². The van der Waals surface area contributed by atoms with Crippen LogP contribution < -0.4 is 4.89 Å². The monoisotopic (exact) mass is 664 g/mol. The average molecular weight is 665 g/mol. The van der Waals surface area contributed by atoms with Gasteiger partial charge in [-0.15, -0.1) is 0 Å². The number of quaternary nitrogens is 1. The van der Waals surface area contributed by atoms with Crippen LogP contribution in [0.25, 0.3) is 0 Å². The summed E-state index contributed by atoms with van der Waals surface area (Å²) in [5, 5.41) is 0. The summed E-state index contributed by atoms with van der Waals surface area (Å²) in [6.45, 7) is 4.96. The van der Waals surface area contributed by atoms with Crippen molar-refractivity contribution in [2.24, 2.45) is 0 Å². The first-order valence-electron chi connectivity index (χ1n) is 18.2. The molecule has 2 aliphatic rings. The maximum absolute atomic E-state index is 13.1. The molecule has 0 saturated carbocycles. The fourth-order valence-electron chi connectivity index (χ4n) is 6.62. The van der Waals surface area contributed by atoms with E-state index < -0.39 is 32.3 Å². The molecule has 1 aromatic rings. The standard InChI is InChI=1S/C36H61N2O7P/c1-3-4-5-6-7-8-9-10-11-12-13-14-15-16-17-22-28-43-30-32(37-35(39)33-23-18-19-24-34(33)36(37)40)31-45-46(41,42)44-29-27-38(2)25-20-21-26-38/h18-19,23-24,32H,3-17,20-22,25-31H2,1-2H3. The Bertz CT molecular complexity index is 1040. The van der Waals surface area contributed by atoms with E-state index in [1.165, 1.54) is 83.5 Å². The van der Waals surface area contributed by atoms with Crippen molar-refractivity contribution in [1.82, 2.24) is 4.90 Å². The van der Waals surface area contributed by atoms with Crippen LogP contribution in [-0.2, 0) is 18.3 Å². The molecule has 2 amide bonds. The van der Waals surface area contributed by atoms with Crippen LogP contribution in [0.4, 0.5) is 0 Å². The predicted octanol–water partition coefficient (Wildman–Crippen LogP) is 7.67. The highest BCUT2D eigenvalue weighted by Gasteiger charge is 2.40. The topological polar surface area (TPSA) is 105 Å². The second kappa shape index (κ2) is 21.4. The molecule has 46 heavy (non-hydrogen) atoms. The lowest BCUT2D eigenvalue weighted by Crippen LogP contribution is -2.46. The van der Waals surface area contributed by atoms with Crippen molar-refractivity contribution in [2.45, 2.75) is 129 Å². The van der Waals surface area contributed by atoms with Crippen molar-refractivity contribution in [2.75, 3.05) is 53.1 Å². The molecule has 2 atom stereocenters. The number of unbranched alkanes of at least 4 members (excludes halogenated alkanes) is 15. The smallest absolute Gasteiger partial charge is 0.268 e. The molecule has 2 unspecified atom stereocenters. The number of hydrogen-bond donors (Lipinski definition) is 0. The number of fused-ring (bicyclic) bond motifs is 1. The minimum atomic E-state index is -4.63. The average Bonchev–Trinajstić information content (AvgIpc) is 3.58. The van der Waals surface area contributed by atoms with Crippen LogP contribution in [0.2, 0.25) is 0 Å². The molecule has 0 bridgehead atoms. The van der Waals surface area contributed by atoms with E-state index >= 15 is 0 Å². The Morgan fingerprint density at radius 1 is 0.739 bits per heavy atom. The van der Waals surface area contributed by atoms with Gasteiger partial charge in [-0.05, 0) is 18.6 Å². The van der Waals surface area contributed by atoms with E-state index in [1.807, 2.05) is 0 Å². The number of benzene rings is 1. The van der Waals surface area contributed by atoms with Gasteiger partial charge >= 0.3 is 0 Å². The minimum absolute atomic E-state index is 0.000825. The Hall–Kier alpha value is -1.61. The first kappa shape index (κ1) is 38.8. The molecular formula is C36H61N2O7P. The van der Waals surface area contributed by atoms with Gasteiger partial charge in [-0.1, -0.05) is 115 Å². The molecule has 262 valence electrons. The number of likely N-dealkylation sites (N-methyl/N-ethyl adjacent to an activating group) is 1. The van der Waals surface area contributed by atoms with E-state index in [-0.39, 0.29) is 13.2 Å². The van der Waals surface area contributed by atoms with Gasteiger partial charge in [-0.2, -0.15) is 0 Å². The van der Waals surface area contributed by atoms with E-state index in [9.17, 15) is 19.0 Å². The third kappa shape index (κ3) is 13.9. The summed E-state index contributed by atoms with van der Waals surface area (Å²) < 4.78 is 29.7. The van der Waals surface area contributed by atoms with Crippen molar-refractivity contribution in [3.8, 4) is 0 Å². The fourth-order valence-corrected chi connectivity index (χ4v) is 7.35. The summed E-state index contributed by atoms with van der Waals surface area (Å²) in [5.74, 6) is -0.929. The number of hydrogen-bond acceptors (Lipinski definition) is 7. The van der Waals surface area contributed by atoms with Gasteiger partial charge in [0.1, 0.15) is 13.2 Å². The van der Waals surface area contributed by atoms with Gasteiger partial charge in [-0.25, -0.2) is 0 Å². The van der Waals surface area contributed by atoms with Gasteiger partial charge in [-0.3, -0.25) is 19.1 Å². The van der Waals surface area contributed by atoms with E-state index in [4.69, 9.17) is 13.8 Å². The summed E-state index contributed by atoms with van der Waals surface area (Å²) in [4.78, 5) is 39.9.